The minimum atomic E-state index is -3.19. The van der Waals surface area contributed by atoms with Crippen LogP contribution in [0.2, 0.25) is 0 Å². The third-order valence-electron chi connectivity index (χ3n) is 5.74. The van der Waals surface area contributed by atoms with Crippen molar-refractivity contribution in [1.29, 1.82) is 5.26 Å². The molecule has 1 N–H and O–H groups in total. The van der Waals surface area contributed by atoms with Gasteiger partial charge in [0.05, 0.1) is 17.9 Å². The van der Waals surface area contributed by atoms with E-state index in [0.717, 1.165) is 21.9 Å². The number of nitriles is 1. The van der Waals surface area contributed by atoms with Crippen LogP contribution < -0.4 is 5.32 Å². The second kappa shape index (κ2) is 8.50. The maximum atomic E-state index is 12.8. The molecule has 0 radical (unpaired) electrons. The van der Waals surface area contributed by atoms with Gasteiger partial charge in [0.2, 0.25) is 10.0 Å². The summed E-state index contributed by atoms with van der Waals surface area (Å²) in [6.07, 6.45) is 2.41. The summed E-state index contributed by atoms with van der Waals surface area (Å²) in [5.41, 5.74) is 2.99. The van der Waals surface area contributed by atoms with Gasteiger partial charge in [-0.25, -0.2) is 12.7 Å². The Balaban J connectivity index is 1.55. The van der Waals surface area contributed by atoms with Crippen LogP contribution in [0, 0.1) is 11.3 Å². The summed E-state index contributed by atoms with van der Waals surface area (Å²) in [6, 6.07) is 21.1. The predicted molar refractivity (Wildman–Crippen MR) is 121 cm³/mol. The molecule has 0 atom stereocenters. The fourth-order valence-corrected chi connectivity index (χ4v) is 4.95. The van der Waals surface area contributed by atoms with Crippen molar-refractivity contribution in [3.05, 3.63) is 71.8 Å². The van der Waals surface area contributed by atoms with Crippen LogP contribution in [-0.4, -0.2) is 44.0 Å². The first kappa shape index (κ1) is 21.0. The van der Waals surface area contributed by atoms with Crippen LogP contribution in [0.25, 0.3) is 21.9 Å². The highest BCUT2D eigenvalue weighted by atomic mass is 32.2. The monoisotopic (exact) mass is 433 g/mol. The van der Waals surface area contributed by atoms with Crippen LogP contribution in [0.1, 0.15) is 28.8 Å². The normalized spacial score (nSPS) is 15.5. The lowest BCUT2D eigenvalue weighted by molar-refractivity contribution is 0.0924. The Morgan fingerprint density at radius 3 is 2.45 bits per heavy atom. The lowest BCUT2D eigenvalue weighted by Crippen LogP contribution is -2.46. The first-order valence-electron chi connectivity index (χ1n) is 10.1. The van der Waals surface area contributed by atoms with E-state index in [9.17, 15) is 18.5 Å². The number of nitrogens with zero attached hydrogens (tertiary/aromatic N) is 2. The second-order valence-corrected chi connectivity index (χ2v) is 9.79. The van der Waals surface area contributed by atoms with E-state index >= 15 is 0 Å². The Morgan fingerprint density at radius 1 is 1.03 bits per heavy atom. The topological polar surface area (TPSA) is 90.3 Å². The molecule has 1 fully saturated rings. The van der Waals surface area contributed by atoms with E-state index in [1.54, 1.807) is 12.1 Å². The lowest BCUT2D eigenvalue weighted by Gasteiger charge is -2.30. The van der Waals surface area contributed by atoms with Crippen LogP contribution >= 0.6 is 0 Å². The Kier molecular flexibility index (Phi) is 5.77. The van der Waals surface area contributed by atoms with Crippen molar-refractivity contribution in [2.24, 2.45) is 0 Å². The largest absolute Gasteiger partial charge is 0.349 e. The second-order valence-electron chi connectivity index (χ2n) is 7.81. The predicted octanol–water partition coefficient (Wildman–Crippen LogP) is 3.53. The molecular formula is C24H23N3O3S. The van der Waals surface area contributed by atoms with Gasteiger partial charge in [0.25, 0.3) is 5.91 Å². The summed E-state index contributed by atoms with van der Waals surface area (Å²) in [4.78, 5) is 12.8. The third kappa shape index (κ3) is 4.46. The van der Waals surface area contributed by atoms with Crippen molar-refractivity contribution in [1.82, 2.24) is 9.62 Å². The van der Waals surface area contributed by atoms with Crippen molar-refractivity contribution in [2.75, 3.05) is 19.3 Å². The number of amides is 1. The van der Waals surface area contributed by atoms with Gasteiger partial charge in [-0.3, -0.25) is 4.79 Å². The van der Waals surface area contributed by atoms with Gasteiger partial charge in [-0.2, -0.15) is 5.26 Å². The van der Waals surface area contributed by atoms with Crippen molar-refractivity contribution >= 4 is 26.7 Å². The molecule has 1 amide bonds. The molecule has 6 nitrogen and oxygen atoms in total. The number of carbonyl (C=O) groups is 1. The summed E-state index contributed by atoms with van der Waals surface area (Å²) in [6.45, 7) is 0.840. The molecular weight excluding hydrogens is 410 g/mol. The number of fused-ring (bicyclic) bond motifs is 1. The lowest BCUT2D eigenvalue weighted by atomic mass is 9.94. The highest BCUT2D eigenvalue weighted by Gasteiger charge is 2.26. The Bertz CT molecular complexity index is 1290. The molecule has 0 aliphatic carbocycles. The van der Waals surface area contributed by atoms with Gasteiger partial charge in [-0.15, -0.1) is 0 Å². The molecule has 0 aromatic heterocycles. The van der Waals surface area contributed by atoms with E-state index in [1.807, 2.05) is 48.5 Å². The summed E-state index contributed by atoms with van der Waals surface area (Å²) >= 11 is 0. The van der Waals surface area contributed by atoms with Crippen molar-refractivity contribution in [2.45, 2.75) is 18.9 Å². The minimum Gasteiger partial charge on any atom is -0.349 e. The Hall–Kier alpha value is -3.21. The smallest absolute Gasteiger partial charge is 0.251 e. The standard InChI is InChI=1S/C24H23N3O3S/c1-31(29,30)27-13-11-20(12-14-27)26-24(28)18-9-10-22-17(15-18)6-4-8-23(22)21-7-3-2-5-19(21)16-25/h2-10,15,20H,11-14H2,1H3,(H,26,28). The van der Waals surface area contributed by atoms with Gasteiger partial charge in [0, 0.05) is 30.3 Å². The Labute approximate surface area is 182 Å². The van der Waals surface area contributed by atoms with Gasteiger partial charge in [-0.05, 0) is 47.4 Å². The van der Waals surface area contributed by atoms with E-state index in [0.29, 0.717) is 37.1 Å². The molecule has 3 aromatic rings. The van der Waals surface area contributed by atoms with Crippen LogP contribution in [0.4, 0.5) is 0 Å². The molecule has 31 heavy (non-hydrogen) atoms. The SMILES string of the molecule is CS(=O)(=O)N1CCC(NC(=O)c2ccc3c(-c4ccccc4C#N)cccc3c2)CC1. The average molecular weight is 434 g/mol. The highest BCUT2D eigenvalue weighted by molar-refractivity contribution is 7.88. The van der Waals surface area contributed by atoms with Gasteiger partial charge >= 0.3 is 0 Å². The molecule has 158 valence electrons. The zero-order valence-corrected chi connectivity index (χ0v) is 18.0. The fourth-order valence-electron chi connectivity index (χ4n) is 4.08. The zero-order chi connectivity index (χ0) is 22.0. The first-order valence-corrected chi connectivity index (χ1v) is 12.0. The van der Waals surface area contributed by atoms with E-state index in [1.165, 1.54) is 10.6 Å². The van der Waals surface area contributed by atoms with E-state index in [-0.39, 0.29) is 11.9 Å². The van der Waals surface area contributed by atoms with Crippen molar-refractivity contribution in [3.8, 4) is 17.2 Å². The average Bonchev–Trinajstić information content (AvgIpc) is 2.78. The summed E-state index contributed by atoms with van der Waals surface area (Å²) in [5.74, 6) is -0.164. The summed E-state index contributed by atoms with van der Waals surface area (Å²) in [5, 5.41) is 14.4. The number of piperidine rings is 1. The molecule has 1 saturated heterocycles. The maximum Gasteiger partial charge on any atom is 0.251 e. The quantitative estimate of drug-likeness (QED) is 0.681. The number of hydrogen-bond donors (Lipinski definition) is 1. The van der Waals surface area contributed by atoms with E-state index in [2.05, 4.69) is 11.4 Å². The molecule has 3 aromatic carbocycles. The first-order chi connectivity index (χ1) is 14.9. The molecule has 0 saturated carbocycles. The number of benzene rings is 3. The van der Waals surface area contributed by atoms with E-state index in [4.69, 9.17) is 0 Å². The fraction of sp³-hybridized carbons (Fsp3) is 0.250. The molecule has 1 aliphatic heterocycles. The van der Waals surface area contributed by atoms with Crippen LogP contribution in [0.3, 0.4) is 0 Å². The van der Waals surface area contributed by atoms with Gasteiger partial charge in [-0.1, -0.05) is 42.5 Å². The molecule has 4 rings (SSSR count). The summed E-state index contributed by atoms with van der Waals surface area (Å²) < 4.78 is 24.8. The zero-order valence-electron chi connectivity index (χ0n) is 17.2. The van der Waals surface area contributed by atoms with Crippen molar-refractivity contribution < 1.29 is 13.2 Å². The molecule has 1 aliphatic rings. The number of carbonyl (C=O) groups excluding carboxylic acids is 1. The molecule has 7 heteroatoms. The van der Waals surface area contributed by atoms with Gasteiger partial charge in [0.15, 0.2) is 0 Å². The molecule has 0 unspecified atom stereocenters. The van der Waals surface area contributed by atoms with Crippen LogP contribution in [0.5, 0.6) is 0 Å². The van der Waals surface area contributed by atoms with Gasteiger partial charge in [0.1, 0.15) is 0 Å². The number of nitrogens with one attached hydrogen (secondary N) is 1. The van der Waals surface area contributed by atoms with E-state index < -0.39 is 10.0 Å². The Morgan fingerprint density at radius 2 is 1.74 bits per heavy atom. The molecule has 0 bridgehead atoms. The number of rotatable bonds is 4. The number of hydrogen-bond acceptors (Lipinski definition) is 4. The third-order valence-corrected chi connectivity index (χ3v) is 7.04. The summed E-state index contributed by atoms with van der Waals surface area (Å²) in [7, 11) is -3.19. The minimum absolute atomic E-state index is 0.0463. The van der Waals surface area contributed by atoms with Crippen LogP contribution in [-0.2, 0) is 10.0 Å². The molecule has 0 spiro atoms. The number of sulfonamides is 1. The van der Waals surface area contributed by atoms with Gasteiger partial charge < -0.3 is 5.32 Å². The highest BCUT2D eigenvalue weighted by Crippen LogP contribution is 2.31. The molecule has 1 heterocycles. The van der Waals surface area contributed by atoms with Crippen molar-refractivity contribution in [3.63, 3.8) is 0 Å². The maximum absolute atomic E-state index is 12.8. The van der Waals surface area contributed by atoms with Crippen LogP contribution in [0.15, 0.2) is 60.7 Å².